The van der Waals surface area contributed by atoms with Gasteiger partial charge in [-0.25, -0.2) is 4.79 Å². The quantitative estimate of drug-likeness (QED) is 0.707. The molecule has 114 valence electrons. The molecule has 2 rings (SSSR count). The van der Waals surface area contributed by atoms with E-state index in [1.807, 2.05) is 0 Å². The molecule has 1 aliphatic carbocycles. The molecule has 2 fully saturated rings. The highest BCUT2D eigenvalue weighted by Gasteiger charge is 2.40. The van der Waals surface area contributed by atoms with Gasteiger partial charge in [0.1, 0.15) is 0 Å². The largest absolute Gasteiger partial charge is 0.481 e. The molecule has 0 aromatic rings. The molecular weight excluding hydrogens is 258 g/mol. The minimum absolute atomic E-state index is 0.0200. The molecule has 2 aliphatic rings. The Morgan fingerprint density at radius 2 is 2.10 bits per heavy atom. The van der Waals surface area contributed by atoms with Crippen molar-refractivity contribution in [3.05, 3.63) is 0 Å². The fourth-order valence-electron chi connectivity index (χ4n) is 3.16. The van der Waals surface area contributed by atoms with Crippen LogP contribution < -0.4 is 10.6 Å². The lowest BCUT2D eigenvalue weighted by Crippen LogP contribution is -2.59. The number of amides is 2. The van der Waals surface area contributed by atoms with Crippen LogP contribution in [0.5, 0.6) is 0 Å². The van der Waals surface area contributed by atoms with Crippen molar-refractivity contribution in [3.8, 4) is 0 Å². The van der Waals surface area contributed by atoms with Crippen LogP contribution in [0, 0.1) is 0 Å². The second-order valence-corrected chi connectivity index (χ2v) is 6.04. The first-order valence-electron chi connectivity index (χ1n) is 7.56. The van der Waals surface area contributed by atoms with Crippen molar-refractivity contribution in [1.29, 1.82) is 0 Å². The van der Waals surface area contributed by atoms with Crippen molar-refractivity contribution in [1.82, 2.24) is 15.5 Å². The number of nitrogens with one attached hydrogen (secondary N) is 2. The third-order valence-electron chi connectivity index (χ3n) is 4.47. The van der Waals surface area contributed by atoms with E-state index in [1.165, 1.54) is 0 Å². The number of hydrogen-bond donors (Lipinski definition) is 3. The maximum atomic E-state index is 12.1. The molecule has 0 spiro atoms. The molecule has 0 radical (unpaired) electrons. The minimum atomic E-state index is -0.847. The van der Waals surface area contributed by atoms with Crippen LogP contribution in [0.3, 0.4) is 0 Å². The summed E-state index contributed by atoms with van der Waals surface area (Å²) in [6, 6.07) is -0.0421. The van der Waals surface area contributed by atoms with Crippen LogP contribution in [0.4, 0.5) is 4.79 Å². The van der Waals surface area contributed by atoms with E-state index in [0.717, 1.165) is 51.7 Å². The summed E-state index contributed by atoms with van der Waals surface area (Å²) < 4.78 is 0. The van der Waals surface area contributed by atoms with Crippen LogP contribution >= 0.6 is 0 Å². The van der Waals surface area contributed by atoms with Gasteiger partial charge >= 0.3 is 12.0 Å². The number of likely N-dealkylation sites (N-methyl/N-ethyl adjacent to an activating group) is 1. The predicted octanol–water partition coefficient (Wildman–Crippen LogP) is 1.17. The van der Waals surface area contributed by atoms with E-state index < -0.39 is 11.5 Å². The van der Waals surface area contributed by atoms with E-state index in [2.05, 4.69) is 22.5 Å². The number of carboxylic acid groups (broad SMARTS) is 1. The average molecular weight is 283 g/mol. The summed E-state index contributed by atoms with van der Waals surface area (Å²) in [7, 11) is 0. The highest BCUT2D eigenvalue weighted by molar-refractivity contribution is 5.77. The minimum Gasteiger partial charge on any atom is -0.481 e. The number of likely N-dealkylation sites (tertiary alicyclic amines) is 1. The number of piperidine rings is 1. The maximum Gasteiger partial charge on any atom is 0.315 e. The number of urea groups is 1. The molecule has 2 amide bonds. The van der Waals surface area contributed by atoms with Gasteiger partial charge in [0.05, 0.1) is 12.0 Å². The highest BCUT2D eigenvalue weighted by atomic mass is 16.4. The lowest BCUT2D eigenvalue weighted by molar-refractivity contribution is -0.139. The normalized spacial score (nSPS) is 25.6. The van der Waals surface area contributed by atoms with Crippen molar-refractivity contribution in [2.24, 2.45) is 0 Å². The first-order valence-corrected chi connectivity index (χ1v) is 7.56. The fraction of sp³-hybridized carbons (Fsp3) is 0.857. The summed E-state index contributed by atoms with van der Waals surface area (Å²) in [5, 5.41) is 14.8. The molecule has 1 saturated heterocycles. The van der Waals surface area contributed by atoms with Gasteiger partial charge in [0.2, 0.25) is 0 Å². The molecule has 1 heterocycles. The molecule has 0 aromatic heterocycles. The van der Waals surface area contributed by atoms with Crippen LogP contribution in [0.2, 0.25) is 0 Å². The Bertz CT molecular complexity index is 369. The molecule has 1 saturated carbocycles. The number of rotatable bonds is 5. The Kier molecular flexibility index (Phi) is 4.86. The van der Waals surface area contributed by atoms with Gasteiger partial charge in [0.15, 0.2) is 0 Å². The summed E-state index contributed by atoms with van der Waals surface area (Å²) in [5.41, 5.74) is -0.519. The van der Waals surface area contributed by atoms with Crippen molar-refractivity contribution < 1.29 is 14.7 Å². The van der Waals surface area contributed by atoms with E-state index in [-0.39, 0.29) is 18.5 Å². The van der Waals surface area contributed by atoms with Gasteiger partial charge in [-0.1, -0.05) is 6.92 Å². The summed E-state index contributed by atoms with van der Waals surface area (Å²) in [5.74, 6) is -0.847. The molecule has 20 heavy (non-hydrogen) atoms. The number of carboxylic acids is 1. The number of aliphatic carboxylic acids is 1. The highest BCUT2D eigenvalue weighted by Crippen LogP contribution is 2.34. The molecular formula is C14H25N3O3. The molecule has 1 aliphatic heterocycles. The summed E-state index contributed by atoms with van der Waals surface area (Å²) >= 11 is 0. The van der Waals surface area contributed by atoms with E-state index in [0.29, 0.717) is 0 Å². The zero-order chi connectivity index (χ0) is 14.6. The van der Waals surface area contributed by atoms with Crippen LogP contribution in [0.1, 0.15) is 45.4 Å². The average Bonchev–Trinajstić information content (AvgIpc) is 2.35. The zero-order valence-electron chi connectivity index (χ0n) is 12.2. The molecule has 0 aromatic carbocycles. The topological polar surface area (TPSA) is 81.7 Å². The van der Waals surface area contributed by atoms with Gasteiger partial charge in [-0.2, -0.15) is 0 Å². The Morgan fingerprint density at radius 3 is 2.65 bits per heavy atom. The summed E-state index contributed by atoms with van der Waals surface area (Å²) in [4.78, 5) is 25.3. The second kappa shape index (κ2) is 6.43. The van der Waals surface area contributed by atoms with Crippen molar-refractivity contribution in [2.45, 2.75) is 57.0 Å². The first kappa shape index (κ1) is 15.1. The van der Waals surface area contributed by atoms with Gasteiger partial charge in [-0.15, -0.1) is 0 Å². The molecule has 6 nitrogen and oxygen atoms in total. The number of carbonyl (C=O) groups is 2. The standard InChI is InChI=1S/C14H25N3O3/c1-2-17-8-3-5-11(10-17)15-13(20)16-14(6-4-7-14)9-12(18)19/h11H,2-10H2,1H3,(H,18,19)(H2,15,16,20). The van der Waals surface area contributed by atoms with Gasteiger partial charge < -0.3 is 20.6 Å². The fourth-order valence-corrected chi connectivity index (χ4v) is 3.16. The Hall–Kier alpha value is -1.30. The number of hydrogen-bond acceptors (Lipinski definition) is 3. The summed E-state index contributed by atoms with van der Waals surface area (Å²) in [6.45, 7) is 5.11. The lowest BCUT2D eigenvalue weighted by Gasteiger charge is -2.42. The van der Waals surface area contributed by atoms with E-state index in [9.17, 15) is 9.59 Å². The predicted molar refractivity (Wildman–Crippen MR) is 75.6 cm³/mol. The third kappa shape index (κ3) is 3.85. The Labute approximate surface area is 119 Å². The molecule has 1 unspecified atom stereocenters. The number of nitrogens with zero attached hydrogens (tertiary/aromatic N) is 1. The van der Waals surface area contributed by atoms with Crippen molar-refractivity contribution >= 4 is 12.0 Å². The molecule has 1 atom stereocenters. The molecule has 0 bridgehead atoms. The van der Waals surface area contributed by atoms with Crippen LogP contribution in [-0.2, 0) is 4.79 Å². The number of carbonyl (C=O) groups excluding carboxylic acids is 1. The molecule has 3 N–H and O–H groups in total. The van der Waals surface area contributed by atoms with Gasteiger partial charge in [0.25, 0.3) is 0 Å². The van der Waals surface area contributed by atoms with Gasteiger partial charge in [-0.3, -0.25) is 4.79 Å². The van der Waals surface area contributed by atoms with Crippen molar-refractivity contribution in [3.63, 3.8) is 0 Å². The Morgan fingerprint density at radius 1 is 1.35 bits per heavy atom. The smallest absolute Gasteiger partial charge is 0.315 e. The third-order valence-corrected chi connectivity index (χ3v) is 4.47. The maximum absolute atomic E-state index is 12.1. The zero-order valence-corrected chi connectivity index (χ0v) is 12.2. The van der Waals surface area contributed by atoms with Crippen LogP contribution in [0.25, 0.3) is 0 Å². The van der Waals surface area contributed by atoms with Crippen LogP contribution in [-0.4, -0.2) is 53.2 Å². The van der Waals surface area contributed by atoms with E-state index in [4.69, 9.17) is 5.11 Å². The Balaban J connectivity index is 1.81. The monoisotopic (exact) mass is 283 g/mol. The van der Waals surface area contributed by atoms with E-state index in [1.54, 1.807) is 0 Å². The van der Waals surface area contributed by atoms with E-state index >= 15 is 0 Å². The molecule has 6 heteroatoms. The SMILES string of the molecule is CCN1CCCC(NC(=O)NC2(CC(=O)O)CCC2)C1. The lowest BCUT2D eigenvalue weighted by atomic mass is 9.74. The van der Waals surface area contributed by atoms with Gasteiger partial charge in [-0.05, 0) is 45.2 Å². The summed E-state index contributed by atoms with van der Waals surface area (Å²) in [6.07, 6.45) is 4.62. The van der Waals surface area contributed by atoms with Gasteiger partial charge in [0, 0.05) is 12.6 Å². The first-order chi connectivity index (χ1) is 9.53. The second-order valence-electron chi connectivity index (χ2n) is 6.04. The van der Waals surface area contributed by atoms with Crippen molar-refractivity contribution in [2.75, 3.05) is 19.6 Å². The van der Waals surface area contributed by atoms with Crippen LogP contribution in [0.15, 0.2) is 0 Å².